The predicted octanol–water partition coefficient (Wildman–Crippen LogP) is 1.69. The fraction of sp³-hybridized carbons (Fsp3) is 0.182. The summed E-state index contributed by atoms with van der Waals surface area (Å²) >= 11 is 0. The van der Waals surface area contributed by atoms with E-state index < -0.39 is 11.0 Å². The molecule has 0 heterocycles. The van der Waals surface area contributed by atoms with E-state index in [0.29, 0.717) is 5.69 Å². The second-order valence-corrected chi connectivity index (χ2v) is 3.30. The van der Waals surface area contributed by atoms with Crippen molar-refractivity contribution < 1.29 is 9.72 Å². The number of urea groups is 1. The largest absolute Gasteiger partial charge is 0.322 e. The van der Waals surface area contributed by atoms with Gasteiger partial charge in [0.1, 0.15) is 0 Å². The Kier molecular flexibility index (Phi) is 4.06. The summed E-state index contributed by atoms with van der Waals surface area (Å²) in [6.45, 7) is 0.167. The summed E-state index contributed by atoms with van der Waals surface area (Å²) in [7, 11) is 1.53. The molecule has 1 aromatic rings. The van der Waals surface area contributed by atoms with Crippen LogP contribution < -0.4 is 5.32 Å². The zero-order valence-electron chi connectivity index (χ0n) is 9.21. The highest BCUT2D eigenvalue weighted by Gasteiger charge is 2.10. The third kappa shape index (κ3) is 3.50. The van der Waals surface area contributed by atoms with E-state index in [1.807, 2.05) is 0 Å². The van der Waals surface area contributed by atoms with Crippen molar-refractivity contribution in [3.8, 4) is 12.3 Å². The van der Waals surface area contributed by atoms with Crippen molar-refractivity contribution in [1.82, 2.24) is 4.90 Å². The van der Waals surface area contributed by atoms with Crippen LogP contribution in [0.1, 0.15) is 0 Å². The Morgan fingerprint density at radius 3 is 2.94 bits per heavy atom. The molecule has 0 aliphatic rings. The van der Waals surface area contributed by atoms with E-state index in [9.17, 15) is 14.9 Å². The highest BCUT2D eigenvalue weighted by Crippen LogP contribution is 2.17. The van der Waals surface area contributed by atoms with Gasteiger partial charge in [-0.1, -0.05) is 12.0 Å². The number of nitrogens with zero attached hydrogens (tertiary/aromatic N) is 2. The van der Waals surface area contributed by atoms with E-state index >= 15 is 0 Å². The highest BCUT2D eigenvalue weighted by atomic mass is 16.6. The van der Waals surface area contributed by atoms with Gasteiger partial charge in [-0.15, -0.1) is 6.42 Å². The van der Waals surface area contributed by atoms with Crippen molar-refractivity contribution in [3.05, 3.63) is 34.4 Å². The molecule has 88 valence electrons. The molecule has 1 N–H and O–H groups in total. The highest BCUT2D eigenvalue weighted by molar-refractivity contribution is 5.89. The minimum absolute atomic E-state index is 0.0811. The molecule has 0 aromatic heterocycles. The molecule has 6 nitrogen and oxygen atoms in total. The fourth-order valence-corrected chi connectivity index (χ4v) is 1.12. The second kappa shape index (κ2) is 5.51. The van der Waals surface area contributed by atoms with Crippen LogP contribution in [-0.4, -0.2) is 29.4 Å². The Hall–Kier alpha value is -2.55. The molecule has 6 heteroatoms. The molecular formula is C11H11N3O3. The van der Waals surface area contributed by atoms with Crippen LogP contribution in [0.25, 0.3) is 0 Å². The molecule has 1 rings (SSSR count). The number of hydrogen-bond donors (Lipinski definition) is 1. The molecular weight excluding hydrogens is 222 g/mol. The van der Waals surface area contributed by atoms with Gasteiger partial charge in [0.15, 0.2) is 0 Å². The number of amides is 2. The van der Waals surface area contributed by atoms with Crippen LogP contribution >= 0.6 is 0 Å². The summed E-state index contributed by atoms with van der Waals surface area (Å²) < 4.78 is 0. The number of non-ortho nitro benzene ring substituents is 1. The third-order valence-corrected chi connectivity index (χ3v) is 1.98. The molecule has 0 aliphatic carbocycles. The quantitative estimate of drug-likeness (QED) is 0.490. The Morgan fingerprint density at radius 2 is 2.35 bits per heavy atom. The van der Waals surface area contributed by atoms with Crippen molar-refractivity contribution in [2.45, 2.75) is 0 Å². The molecule has 1 aromatic carbocycles. The number of rotatable bonds is 3. The van der Waals surface area contributed by atoms with Crippen LogP contribution in [0.5, 0.6) is 0 Å². The number of nitrogens with one attached hydrogen (secondary N) is 1. The average Bonchev–Trinajstić information content (AvgIpc) is 2.29. The third-order valence-electron chi connectivity index (χ3n) is 1.98. The first kappa shape index (κ1) is 12.5. The summed E-state index contributed by atoms with van der Waals surface area (Å²) in [4.78, 5) is 22.8. The lowest BCUT2D eigenvalue weighted by Gasteiger charge is -2.14. The van der Waals surface area contributed by atoms with E-state index in [4.69, 9.17) is 6.42 Å². The van der Waals surface area contributed by atoms with Gasteiger partial charge in [0, 0.05) is 24.9 Å². The molecule has 0 unspecified atom stereocenters. The number of terminal acetylenes is 1. The van der Waals surface area contributed by atoms with Gasteiger partial charge >= 0.3 is 6.03 Å². The van der Waals surface area contributed by atoms with Gasteiger partial charge in [0.25, 0.3) is 5.69 Å². The summed E-state index contributed by atoms with van der Waals surface area (Å²) in [5, 5.41) is 13.0. The predicted molar refractivity (Wildman–Crippen MR) is 63.6 cm³/mol. The average molecular weight is 233 g/mol. The van der Waals surface area contributed by atoms with Crippen molar-refractivity contribution in [1.29, 1.82) is 0 Å². The number of carbonyl (C=O) groups excluding carboxylic acids is 1. The lowest BCUT2D eigenvalue weighted by Crippen LogP contribution is -2.31. The minimum atomic E-state index is -0.527. The van der Waals surface area contributed by atoms with Crippen LogP contribution in [0.15, 0.2) is 24.3 Å². The van der Waals surface area contributed by atoms with Crippen molar-refractivity contribution >= 4 is 17.4 Å². The van der Waals surface area contributed by atoms with Gasteiger partial charge in [-0.25, -0.2) is 4.79 Å². The van der Waals surface area contributed by atoms with E-state index in [2.05, 4.69) is 11.2 Å². The van der Waals surface area contributed by atoms with Crippen LogP contribution in [0.4, 0.5) is 16.2 Å². The lowest BCUT2D eigenvalue weighted by molar-refractivity contribution is -0.384. The fourth-order valence-electron chi connectivity index (χ4n) is 1.12. The van der Waals surface area contributed by atoms with E-state index in [0.717, 1.165) is 0 Å². The van der Waals surface area contributed by atoms with Crippen LogP contribution in [0, 0.1) is 22.5 Å². The van der Waals surface area contributed by atoms with Gasteiger partial charge in [-0.05, 0) is 6.07 Å². The smallest absolute Gasteiger partial charge is 0.316 e. The molecule has 0 fully saturated rings. The summed E-state index contributed by atoms with van der Waals surface area (Å²) in [6, 6.07) is 5.27. The zero-order chi connectivity index (χ0) is 12.8. The van der Waals surface area contributed by atoms with Gasteiger partial charge < -0.3 is 10.2 Å². The summed E-state index contributed by atoms with van der Waals surface area (Å²) in [5.74, 6) is 2.32. The van der Waals surface area contributed by atoms with Crippen LogP contribution in [-0.2, 0) is 0 Å². The Balaban J connectivity index is 2.75. The monoisotopic (exact) mass is 233 g/mol. The molecule has 0 saturated carbocycles. The summed E-state index contributed by atoms with van der Waals surface area (Å²) in [6.07, 6.45) is 5.06. The number of carbonyl (C=O) groups is 1. The Bertz CT molecular complexity index is 479. The Labute approximate surface area is 98.4 Å². The van der Waals surface area contributed by atoms with Gasteiger partial charge in [0.2, 0.25) is 0 Å². The molecule has 0 radical (unpaired) electrons. The number of nitro groups is 1. The molecule has 0 aliphatic heterocycles. The zero-order valence-corrected chi connectivity index (χ0v) is 9.21. The van der Waals surface area contributed by atoms with E-state index in [1.54, 1.807) is 6.07 Å². The molecule has 0 spiro atoms. The number of benzene rings is 1. The molecule has 0 saturated heterocycles. The maximum Gasteiger partial charge on any atom is 0.322 e. The maximum absolute atomic E-state index is 11.5. The summed E-state index contributed by atoms with van der Waals surface area (Å²) in [5.41, 5.74) is 0.274. The van der Waals surface area contributed by atoms with Crippen LogP contribution in [0.3, 0.4) is 0 Å². The Morgan fingerprint density at radius 1 is 1.65 bits per heavy atom. The second-order valence-electron chi connectivity index (χ2n) is 3.30. The van der Waals surface area contributed by atoms with Crippen molar-refractivity contribution in [2.24, 2.45) is 0 Å². The normalized spacial score (nSPS) is 9.18. The van der Waals surface area contributed by atoms with Gasteiger partial charge in [-0.2, -0.15) is 0 Å². The van der Waals surface area contributed by atoms with Gasteiger partial charge in [-0.3, -0.25) is 10.1 Å². The first-order valence-electron chi connectivity index (χ1n) is 4.74. The lowest BCUT2D eigenvalue weighted by atomic mass is 10.3. The van der Waals surface area contributed by atoms with E-state index in [-0.39, 0.29) is 12.2 Å². The maximum atomic E-state index is 11.5. The van der Waals surface area contributed by atoms with E-state index in [1.165, 1.54) is 30.1 Å². The SMILES string of the molecule is C#CCN(C)C(=O)Nc1cccc([N+](=O)[O-])c1. The topological polar surface area (TPSA) is 75.5 Å². The van der Waals surface area contributed by atoms with Crippen LogP contribution in [0.2, 0.25) is 0 Å². The number of nitro benzene ring substituents is 1. The molecule has 2 amide bonds. The minimum Gasteiger partial charge on any atom is -0.316 e. The number of anilines is 1. The van der Waals surface area contributed by atoms with Crippen molar-refractivity contribution in [2.75, 3.05) is 18.9 Å². The standard InChI is InChI=1S/C11H11N3O3/c1-3-7-13(2)11(15)12-9-5-4-6-10(8-9)14(16)17/h1,4-6,8H,7H2,2H3,(H,12,15). The van der Waals surface area contributed by atoms with Crippen molar-refractivity contribution in [3.63, 3.8) is 0 Å². The first-order valence-corrected chi connectivity index (χ1v) is 4.74. The first-order chi connectivity index (χ1) is 8.04. The number of hydrogen-bond acceptors (Lipinski definition) is 3. The molecule has 0 bridgehead atoms. The van der Waals surface area contributed by atoms with Gasteiger partial charge in [0.05, 0.1) is 11.5 Å². The molecule has 0 atom stereocenters. The molecule has 17 heavy (non-hydrogen) atoms.